The number of benzene rings is 4. The van der Waals surface area contributed by atoms with Gasteiger partial charge in [-0.25, -0.2) is 0 Å². The summed E-state index contributed by atoms with van der Waals surface area (Å²) in [5.41, 5.74) is 14.3. The van der Waals surface area contributed by atoms with Crippen molar-refractivity contribution in [3.63, 3.8) is 0 Å². The minimum atomic E-state index is -0.123. The van der Waals surface area contributed by atoms with Crippen LogP contribution in [0, 0.1) is 0 Å². The number of ether oxygens (including phenoxy) is 4. The van der Waals surface area contributed by atoms with Crippen molar-refractivity contribution in [1.82, 2.24) is 19.6 Å². The van der Waals surface area contributed by atoms with Crippen molar-refractivity contribution in [3.05, 3.63) is 115 Å². The molecule has 1 aliphatic carbocycles. The fraction of sp³-hybridized carbons (Fsp3) is 0.647. The van der Waals surface area contributed by atoms with Crippen molar-refractivity contribution in [3.8, 4) is 23.0 Å². The van der Waals surface area contributed by atoms with Gasteiger partial charge in [0.25, 0.3) is 0 Å². The number of hydrogen-bond acceptors (Lipinski definition) is 8. The summed E-state index contributed by atoms with van der Waals surface area (Å²) in [6.07, 6.45) is 2.65. The van der Waals surface area contributed by atoms with Gasteiger partial charge >= 0.3 is 0 Å². The quantitative estimate of drug-likeness (QED) is 0.0606. The number of likely N-dealkylation sites (N-methyl/N-ethyl adjacent to an activating group) is 4. The van der Waals surface area contributed by atoms with Crippen LogP contribution in [0.1, 0.15) is 205 Å². The first-order chi connectivity index (χ1) is 35.8. The van der Waals surface area contributed by atoms with Gasteiger partial charge in [-0.05, 0) is 141 Å². The van der Waals surface area contributed by atoms with Crippen molar-refractivity contribution in [1.29, 1.82) is 0 Å². The third-order valence-electron chi connectivity index (χ3n) is 16.2. The van der Waals surface area contributed by atoms with Crippen molar-refractivity contribution >= 4 is 0 Å². The van der Waals surface area contributed by atoms with Crippen LogP contribution < -0.4 is 18.9 Å². The number of fused-ring (bicyclic) bond motifs is 8. The summed E-state index contributed by atoms with van der Waals surface area (Å²) in [6, 6.07) is 19.7. The van der Waals surface area contributed by atoms with Gasteiger partial charge in [0.2, 0.25) is 0 Å². The summed E-state index contributed by atoms with van der Waals surface area (Å²) in [4.78, 5) is 9.85. The molecule has 76 heavy (non-hydrogen) atoms. The molecule has 8 heteroatoms. The van der Waals surface area contributed by atoms with Gasteiger partial charge < -0.3 is 38.5 Å². The summed E-state index contributed by atoms with van der Waals surface area (Å²) in [7, 11) is 0. The molecule has 424 valence electrons. The summed E-state index contributed by atoms with van der Waals surface area (Å²) in [6.45, 7) is 59.9. The summed E-state index contributed by atoms with van der Waals surface area (Å²) < 4.78 is 29.3. The van der Waals surface area contributed by atoms with Crippen molar-refractivity contribution in [2.75, 3.05) is 105 Å². The average Bonchev–Trinajstić information content (AvgIpc) is 3.35. The highest BCUT2D eigenvalue weighted by molar-refractivity contribution is 5.60. The Bertz CT molecular complexity index is 2010. The van der Waals surface area contributed by atoms with Crippen LogP contribution in [0.15, 0.2) is 48.5 Å². The van der Waals surface area contributed by atoms with Crippen LogP contribution in [0.3, 0.4) is 0 Å². The van der Waals surface area contributed by atoms with E-state index in [2.05, 4.69) is 207 Å². The molecule has 0 N–H and O–H groups in total. The van der Waals surface area contributed by atoms with E-state index in [1.54, 1.807) is 0 Å². The van der Waals surface area contributed by atoms with E-state index >= 15 is 0 Å². The minimum absolute atomic E-state index is 0.123. The molecule has 0 heterocycles. The summed E-state index contributed by atoms with van der Waals surface area (Å²) in [5.74, 6) is 3.96. The van der Waals surface area contributed by atoms with Crippen LogP contribution in [0.4, 0.5) is 0 Å². The molecule has 4 aromatic carbocycles. The van der Waals surface area contributed by atoms with E-state index in [9.17, 15) is 0 Å². The van der Waals surface area contributed by atoms with Crippen molar-refractivity contribution < 1.29 is 18.9 Å². The van der Waals surface area contributed by atoms with E-state index in [4.69, 9.17) is 18.9 Å². The molecule has 0 saturated carbocycles. The van der Waals surface area contributed by atoms with Gasteiger partial charge in [0.1, 0.15) is 49.4 Å². The van der Waals surface area contributed by atoms with E-state index in [1.165, 1.54) is 66.8 Å². The van der Waals surface area contributed by atoms with Gasteiger partial charge in [0.05, 0.1) is 0 Å². The van der Waals surface area contributed by atoms with E-state index in [1.807, 2.05) is 0 Å². The fourth-order valence-electron chi connectivity index (χ4n) is 10.6. The molecule has 0 aromatic heterocycles. The van der Waals surface area contributed by atoms with Gasteiger partial charge in [-0.3, -0.25) is 0 Å². The fourth-order valence-corrected chi connectivity index (χ4v) is 10.6. The van der Waals surface area contributed by atoms with Crippen molar-refractivity contribution in [2.45, 2.75) is 186 Å². The number of nitrogens with zero attached hydrogens (tertiary/aromatic N) is 4. The normalized spacial score (nSPS) is 13.6. The molecule has 0 unspecified atom stereocenters. The third kappa shape index (κ3) is 17.0. The van der Waals surface area contributed by atoms with Crippen LogP contribution in [0.25, 0.3) is 0 Å². The van der Waals surface area contributed by atoms with Gasteiger partial charge in [0.15, 0.2) is 0 Å². The van der Waals surface area contributed by atoms with Crippen LogP contribution in [0.5, 0.6) is 23.0 Å². The topological polar surface area (TPSA) is 49.9 Å². The standard InChI is InChI=1S/C68H108N4O4/c1-21-69(22-2)29-33-73-61-49-37-51-43-58(66(12,13)14)45-53(62(51)74-34-30-70(23-3)24-4)39-55-47-60(68(18,19)20)48-56(64(55)76-36-32-72(27-7)28-8)40-54-46-59(67(15,16)17)44-52(63(54)75-35-31-71(25-5)26-6)38-50(61)42-57(41-49)65(9,10)11/h41-48H,21-40H2,1-20H3. The molecule has 8 bridgehead atoms. The maximum atomic E-state index is 7.33. The molecule has 5 rings (SSSR count). The third-order valence-corrected chi connectivity index (χ3v) is 16.2. The molecule has 0 radical (unpaired) electrons. The van der Waals surface area contributed by atoms with E-state index in [0.717, 1.165) is 102 Å². The summed E-state index contributed by atoms with van der Waals surface area (Å²) >= 11 is 0. The Balaban J connectivity index is 2.01. The maximum Gasteiger partial charge on any atom is 0.126 e. The number of rotatable bonds is 24. The largest absolute Gasteiger partial charge is 0.492 e. The Morgan fingerprint density at radius 1 is 0.276 bits per heavy atom. The lowest BCUT2D eigenvalue weighted by molar-refractivity contribution is 0.218. The van der Waals surface area contributed by atoms with Gasteiger partial charge in [0, 0.05) is 51.9 Å². The monoisotopic (exact) mass is 1040 g/mol. The molecule has 0 atom stereocenters. The Morgan fingerprint density at radius 2 is 0.421 bits per heavy atom. The smallest absolute Gasteiger partial charge is 0.126 e. The van der Waals surface area contributed by atoms with Crippen LogP contribution >= 0.6 is 0 Å². The highest BCUT2D eigenvalue weighted by Crippen LogP contribution is 2.44. The summed E-state index contributed by atoms with van der Waals surface area (Å²) in [5, 5.41) is 0. The molecule has 4 aromatic rings. The second-order valence-electron chi connectivity index (χ2n) is 25.7. The zero-order chi connectivity index (χ0) is 56.2. The highest BCUT2D eigenvalue weighted by Gasteiger charge is 2.30. The Morgan fingerprint density at radius 3 is 0.539 bits per heavy atom. The molecule has 0 saturated heterocycles. The molecule has 0 aliphatic heterocycles. The Kier molecular flexibility index (Phi) is 22.9. The van der Waals surface area contributed by atoms with Crippen molar-refractivity contribution in [2.24, 2.45) is 0 Å². The molecule has 8 nitrogen and oxygen atoms in total. The molecule has 0 fully saturated rings. The van der Waals surface area contributed by atoms with Crippen LogP contribution in [-0.4, -0.2) is 125 Å². The Labute approximate surface area is 465 Å². The first kappa shape index (κ1) is 62.8. The van der Waals surface area contributed by atoms with Gasteiger partial charge in [-0.1, -0.05) is 187 Å². The van der Waals surface area contributed by atoms with E-state index in [0.29, 0.717) is 52.1 Å². The lowest BCUT2D eigenvalue weighted by Crippen LogP contribution is -2.28. The second-order valence-corrected chi connectivity index (χ2v) is 25.7. The minimum Gasteiger partial charge on any atom is -0.492 e. The lowest BCUT2D eigenvalue weighted by atomic mass is 9.79. The zero-order valence-corrected chi connectivity index (χ0v) is 52.2. The van der Waals surface area contributed by atoms with Gasteiger partial charge in [-0.2, -0.15) is 0 Å². The van der Waals surface area contributed by atoms with Gasteiger partial charge in [-0.15, -0.1) is 0 Å². The van der Waals surface area contributed by atoms with E-state index < -0.39 is 0 Å². The molecule has 0 amide bonds. The maximum absolute atomic E-state index is 7.33. The second kappa shape index (κ2) is 27.7. The molecule has 0 spiro atoms. The lowest BCUT2D eigenvalue weighted by Gasteiger charge is -2.30. The molecular weight excluding hydrogens is 937 g/mol. The molecule has 1 aliphatic rings. The first-order valence-electron chi connectivity index (χ1n) is 29.9. The molecular formula is C68H108N4O4. The van der Waals surface area contributed by atoms with Crippen LogP contribution in [-0.2, 0) is 47.3 Å². The first-order valence-corrected chi connectivity index (χ1v) is 29.9. The SMILES string of the molecule is CCN(CC)CCOc1c2cc(C(C)(C)C)cc1Cc1cc(C(C)(C)C)cc(c1OCCN(CC)CC)Cc1cc(C(C)(C)C)cc(c1OCCN(CC)CC)Cc1cc(C(C)(C)C)cc(c1OCCN(CC)CC)C2. The zero-order valence-electron chi connectivity index (χ0n) is 52.2. The predicted octanol–water partition coefficient (Wildman–Crippen LogP) is 14.4. The van der Waals surface area contributed by atoms with E-state index in [-0.39, 0.29) is 21.7 Å². The average molecular weight is 1050 g/mol. The number of hydrogen-bond donors (Lipinski definition) is 0. The Hall–Kier alpha value is -4.08. The predicted molar refractivity (Wildman–Crippen MR) is 325 cm³/mol. The van der Waals surface area contributed by atoms with Crippen LogP contribution in [0.2, 0.25) is 0 Å². The highest BCUT2D eigenvalue weighted by atomic mass is 16.5.